The number of hydrogen-bond donors (Lipinski definition) is 3. The highest BCUT2D eigenvalue weighted by Gasteiger charge is 2.20. The maximum atomic E-state index is 12.2. The van der Waals surface area contributed by atoms with Crippen LogP contribution >= 0.6 is 0 Å². The van der Waals surface area contributed by atoms with E-state index in [1.54, 1.807) is 19.1 Å². The van der Waals surface area contributed by atoms with Gasteiger partial charge in [0.15, 0.2) is 5.88 Å². The molecule has 0 amide bonds. The molecule has 0 aliphatic heterocycles. The van der Waals surface area contributed by atoms with E-state index in [1.807, 2.05) is 62.4 Å². The number of aromatic nitrogens is 1. The van der Waals surface area contributed by atoms with Crippen LogP contribution in [-0.2, 0) is 11.2 Å². The van der Waals surface area contributed by atoms with Gasteiger partial charge in [0.1, 0.15) is 0 Å². The number of nitrogens with zero attached hydrogens (tertiary/aromatic N) is 1. The van der Waals surface area contributed by atoms with Crippen LogP contribution in [0.3, 0.4) is 0 Å². The number of carbonyl (C=O) groups is 1. The molecular weight excluding hydrogens is 438 g/mol. The van der Waals surface area contributed by atoms with Gasteiger partial charge >= 0.3 is 5.97 Å². The lowest BCUT2D eigenvalue weighted by Crippen LogP contribution is -2.32. The number of esters is 1. The van der Waals surface area contributed by atoms with Crippen molar-refractivity contribution in [2.24, 2.45) is 10.7 Å². The molecule has 6 heteroatoms. The maximum absolute atomic E-state index is 12.2. The molecule has 1 heterocycles. The van der Waals surface area contributed by atoms with Gasteiger partial charge in [0.2, 0.25) is 0 Å². The van der Waals surface area contributed by atoms with E-state index in [1.165, 1.54) is 5.56 Å². The van der Waals surface area contributed by atoms with Crippen LogP contribution < -0.4 is 5.73 Å². The molecule has 4 aromatic rings. The summed E-state index contributed by atoms with van der Waals surface area (Å²) >= 11 is 0. The van der Waals surface area contributed by atoms with Crippen LogP contribution in [0.2, 0.25) is 0 Å². The third kappa shape index (κ3) is 5.78. The zero-order valence-electron chi connectivity index (χ0n) is 20.3. The number of H-pyrrole nitrogens is 1. The van der Waals surface area contributed by atoms with Crippen molar-refractivity contribution in [2.75, 3.05) is 6.61 Å². The molecule has 0 unspecified atom stereocenters. The van der Waals surface area contributed by atoms with Crippen molar-refractivity contribution >= 4 is 28.3 Å². The van der Waals surface area contributed by atoms with Gasteiger partial charge in [-0.1, -0.05) is 48.5 Å². The van der Waals surface area contributed by atoms with Crippen LogP contribution in [0.15, 0.2) is 77.8 Å². The van der Waals surface area contributed by atoms with Crippen LogP contribution in [0.4, 0.5) is 5.69 Å². The van der Waals surface area contributed by atoms with Crippen LogP contribution in [0.5, 0.6) is 5.88 Å². The average Bonchev–Trinajstić information content (AvgIpc) is 3.17. The minimum absolute atomic E-state index is 0.00888. The van der Waals surface area contributed by atoms with Crippen LogP contribution in [0.1, 0.15) is 54.2 Å². The molecule has 0 saturated carbocycles. The predicted octanol–water partition coefficient (Wildman–Crippen LogP) is 5.89. The monoisotopic (exact) mass is 469 g/mol. The van der Waals surface area contributed by atoms with Gasteiger partial charge in [-0.3, -0.25) is 0 Å². The first-order chi connectivity index (χ1) is 16.7. The van der Waals surface area contributed by atoms with Gasteiger partial charge in [0.25, 0.3) is 0 Å². The van der Waals surface area contributed by atoms with E-state index in [0.717, 1.165) is 29.5 Å². The Kier molecular flexibility index (Phi) is 7.03. The SMILES string of the molecule is CCOC(=O)c1ccc2c(C(=Nc3ccc(CCC(C)(C)N)cc3)c3ccccc3)c(O)[nH]c2c1. The van der Waals surface area contributed by atoms with E-state index >= 15 is 0 Å². The zero-order chi connectivity index (χ0) is 25.0. The van der Waals surface area contributed by atoms with Gasteiger partial charge in [-0.2, -0.15) is 0 Å². The van der Waals surface area contributed by atoms with Crippen molar-refractivity contribution in [2.45, 2.75) is 39.2 Å². The van der Waals surface area contributed by atoms with Crippen molar-refractivity contribution in [1.82, 2.24) is 4.98 Å². The number of hydrogen-bond acceptors (Lipinski definition) is 5. The van der Waals surface area contributed by atoms with Crippen molar-refractivity contribution in [3.05, 3.63) is 95.1 Å². The lowest BCUT2D eigenvalue weighted by Gasteiger charge is -2.17. The highest BCUT2D eigenvalue weighted by molar-refractivity contribution is 6.22. The Morgan fingerprint density at radius 2 is 1.74 bits per heavy atom. The molecular formula is C29H31N3O3. The van der Waals surface area contributed by atoms with Crippen molar-refractivity contribution in [1.29, 1.82) is 0 Å². The van der Waals surface area contributed by atoms with Crippen LogP contribution in [0.25, 0.3) is 10.9 Å². The Morgan fingerprint density at radius 3 is 2.40 bits per heavy atom. The van der Waals surface area contributed by atoms with Gasteiger partial charge in [0, 0.05) is 22.0 Å². The number of nitrogens with one attached hydrogen (secondary N) is 1. The number of aliphatic imine (C=N–C) groups is 1. The third-order valence-electron chi connectivity index (χ3n) is 5.81. The topological polar surface area (TPSA) is 101 Å². The maximum Gasteiger partial charge on any atom is 0.338 e. The van der Waals surface area contributed by atoms with Crippen LogP contribution in [0, 0.1) is 0 Å². The minimum Gasteiger partial charge on any atom is -0.494 e. The van der Waals surface area contributed by atoms with Gasteiger partial charge in [-0.15, -0.1) is 0 Å². The largest absolute Gasteiger partial charge is 0.494 e. The molecule has 35 heavy (non-hydrogen) atoms. The molecule has 1 aromatic heterocycles. The standard InChI is InChI=1S/C29H31N3O3/c1-4-35-28(34)21-12-15-23-24(18-21)32-27(33)25(23)26(20-8-6-5-7-9-20)31-22-13-10-19(11-14-22)16-17-29(2,3)30/h5-15,18,32-33H,4,16-17,30H2,1-3H3. The summed E-state index contributed by atoms with van der Waals surface area (Å²) < 4.78 is 5.11. The molecule has 0 fully saturated rings. The summed E-state index contributed by atoms with van der Waals surface area (Å²) in [5, 5.41) is 11.7. The smallest absolute Gasteiger partial charge is 0.338 e. The second-order valence-corrected chi connectivity index (χ2v) is 9.31. The molecule has 180 valence electrons. The van der Waals surface area contributed by atoms with E-state index in [2.05, 4.69) is 17.1 Å². The number of nitrogens with two attached hydrogens (primary N) is 1. The van der Waals surface area contributed by atoms with Gasteiger partial charge in [-0.25, -0.2) is 9.79 Å². The lowest BCUT2D eigenvalue weighted by atomic mass is 9.96. The van der Waals surface area contributed by atoms with E-state index in [4.69, 9.17) is 15.5 Å². The fourth-order valence-corrected chi connectivity index (χ4v) is 3.96. The van der Waals surface area contributed by atoms with Gasteiger partial charge < -0.3 is 20.6 Å². The summed E-state index contributed by atoms with van der Waals surface area (Å²) in [5.41, 5.74) is 11.0. The number of ether oxygens (including phenoxy) is 1. The fourth-order valence-electron chi connectivity index (χ4n) is 3.96. The van der Waals surface area contributed by atoms with E-state index in [0.29, 0.717) is 29.0 Å². The summed E-state index contributed by atoms with van der Waals surface area (Å²) in [6.45, 7) is 6.12. The molecule has 0 atom stereocenters. The van der Waals surface area contributed by atoms with Gasteiger partial charge in [0.05, 0.1) is 29.1 Å². The number of aromatic amines is 1. The Morgan fingerprint density at radius 1 is 1.03 bits per heavy atom. The first-order valence-electron chi connectivity index (χ1n) is 11.8. The molecule has 3 aromatic carbocycles. The molecule has 0 bridgehead atoms. The molecule has 4 N–H and O–H groups in total. The number of rotatable bonds is 8. The van der Waals surface area contributed by atoms with Gasteiger partial charge in [-0.05, 0) is 63.4 Å². The van der Waals surface area contributed by atoms with Crippen molar-refractivity contribution in [3.8, 4) is 5.88 Å². The summed E-state index contributed by atoms with van der Waals surface area (Å²) in [6, 6.07) is 23.0. The van der Waals surface area contributed by atoms with Crippen molar-refractivity contribution in [3.63, 3.8) is 0 Å². The lowest BCUT2D eigenvalue weighted by molar-refractivity contribution is 0.0526. The normalized spacial score (nSPS) is 12.2. The minimum atomic E-state index is -0.403. The number of aromatic hydroxyl groups is 1. The third-order valence-corrected chi connectivity index (χ3v) is 5.81. The zero-order valence-corrected chi connectivity index (χ0v) is 20.3. The molecule has 0 aliphatic rings. The molecule has 0 radical (unpaired) electrons. The number of aryl methyl sites for hydroxylation is 1. The molecule has 0 saturated heterocycles. The number of benzene rings is 3. The second-order valence-electron chi connectivity index (χ2n) is 9.31. The fraction of sp³-hybridized carbons (Fsp3) is 0.241. The number of carbonyl (C=O) groups excluding carboxylic acids is 1. The number of fused-ring (bicyclic) bond motifs is 1. The quantitative estimate of drug-likeness (QED) is 0.221. The Labute approximate surface area is 205 Å². The molecule has 0 aliphatic carbocycles. The van der Waals surface area contributed by atoms with Crippen LogP contribution in [-0.4, -0.2) is 33.9 Å². The highest BCUT2D eigenvalue weighted by Crippen LogP contribution is 2.32. The summed E-state index contributed by atoms with van der Waals surface area (Å²) in [6.07, 6.45) is 1.78. The Balaban J connectivity index is 1.76. The Bertz CT molecular complexity index is 1350. The second kappa shape index (κ2) is 10.2. The summed E-state index contributed by atoms with van der Waals surface area (Å²) in [7, 11) is 0. The summed E-state index contributed by atoms with van der Waals surface area (Å²) in [4.78, 5) is 20.1. The van der Waals surface area contributed by atoms with E-state index < -0.39 is 5.97 Å². The highest BCUT2D eigenvalue weighted by atomic mass is 16.5. The first-order valence-corrected chi connectivity index (χ1v) is 11.8. The average molecular weight is 470 g/mol. The molecule has 4 rings (SSSR count). The molecule has 0 spiro atoms. The molecule has 6 nitrogen and oxygen atoms in total. The predicted molar refractivity (Wildman–Crippen MR) is 141 cm³/mol. The Hall–Kier alpha value is -3.90. The van der Waals surface area contributed by atoms with Crippen molar-refractivity contribution < 1.29 is 14.6 Å². The van der Waals surface area contributed by atoms with E-state index in [9.17, 15) is 9.90 Å². The first kappa shape index (κ1) is 24.2. The van der Waals surface area contributed by atoms with E-state index in [-0.39, 0.29) is 11.4 Å². The summed E-state index contributed by atoms with van der Waals surface area (Å²) in [5.74, 6) is -0.412.